The molecule has 4 rings (SSSR count). The van der Waals surface area contributed by atoms with Gasteiger partial charge in [-0.2, -0.15) is 5.10 Å². The van der Waals surface area contributed by atoms with Crippen molar-refractivity contribution in [1.29, 1.82) is 0 Å². The van der Waals surface area contributed by atoms with E-state index in [1.54, 1.807) is 32.4 Å². The second kappa shape index (κ2) is 11.3. The summed E-state index contributed by atoms with van der Waals surface area (Å²) >= 11 is 13.3. The van der Waals surface area contributed by atoms with Crippen molar-refractivity contribution in [2.45, 2.75) is 31.2 Å². The van der Waals surface area contributed by atoms with Gasteiger partial charge in [0.2, 0.25) is 0 Å². The van der Waals surface area contributed by atoms with Gasteiger partial charge < -0.3 is 19.7 Å². The summed E-state index contributed by atoms with van der Waals surface area (Å²) < 4.78 is 10.9. The average Bonchev–Trinajstić information content (AvgIpc) is 3.30. The minimum Gasteiger partial charge on any atom is -0.495 e. The molecule has 3 aromatic rings. The molecule has 37 heavy (non-hydrogen) atoms. The third kappa shape index (κ3) is 5.27. The second-order valence-corrected chi connectivity index (χ2v) is 10.2. The smallest absolute Gasteiger partial charge is 0.279 e. The number of aromatic nitrogens is 2. The number of nitro groups is 1. The zero-order valence-electron chi connectivity index (χ0n) is 21.5. The third-order valence-electron chi connectivity index (χ3n) is 6.93. The zero-order chi connectivity index (χ0) is 26.9. The number of hydrogen-bond acceptors (Lipinski definition) is 7. The number of nitrogens with one attached hydrogen (secondary N) is 2. The number of H-pyrrole nitrogens is 1. The molecule has 0 amide bonds. The Hall–Kier alpha value is -2.85. The van der Waals surface area contributed by atoms with Crippen LogP contribution in [0.3, 0.4) is 0 Å². The average molecular weight is 548 g/mol. The minimum absolute atomic E-state index is 0.00424. The predicted molar refractivity (Wildman–Crippen MR) is 145 cm³/mol. The number of aromatic amines is 1. The molecule has 11 heteroatoms. The van der Waals surface area contributed by atoms with Crippen molar-refractivity contribution < 1.29 is 14.4 Å². The number of nitro benzene ring substituents is 1. The molecule has 2 atom stereocenters. The lowest BCUT2D eigenvalue weighted by atomic mass is 9.81. The number of fused-ring (bicyclic) bond motifs is 1. The third-order valence-corrected chi connectivity index (χ3v) is 7.71. The van der Waals surface area contributed by atoms with Crippen molar-refractivity contribution in [3.8, 4) is 22.8 Å². The van der Waals surface area contributed by atoms with E-state index in [0.29, 0.717) is 52.2 Å². The second-order valence-electron chi connectivity index (χ2n) is 9.43. The van der Waals surface area contributed by atoms with Crippen LogP contribution in [0, 0.1) is 10.1 Å². The Morgan fingerprint density at radius 1 is 1.22 bits per heavy atom. The molecule has 198 valence electrons. The lowest BCUT2D eigenvalue weighted by Gasteiger charge is -2.26. The first kappa shape index (κ1) is 27.2. The van der Waals surface area contributed by atoms with Crippen LogP contribution in [0.1, 0.15) is 40.8 Å². The largest absolute Gasteiger partial charge is 0.495 e. The number of rotatable bonds is 9. The SMILES string of the molecule is CNC(CN(C)C)c1ccc(-c2n[nH]c3c2CCC(c2c(Cl)c(OC)cc(OC)c2Cl)C3)c([N+](=O)[O-])c1. The monoisotopic (exact) mass is 547 g/mol. The summed E-state index contributed by atoms with van der Waals surface area (Å²) in [5.41, 5.74) is 4.68. The summed E-state index contributed by atoms with van der Waals surface area (Å²) in [6.07, 6.45) is 2.01. The van der Waals surface area contributed by atoms with Crippen LogP contribution in [0.5, 0.6) is 11.5 Å². The molecule has 0 saturated carbocycles. The van der Waals surface area contributed by atoms with E-state index in [9.17, 15) is 10.1 Å². The normalized spacial score (nSPS) is 15.9. The van der Waals surface area contributed by atoms with Crippen molar-refractivity contribution in [2.24, 2.45) is 0 Å². The Bertz CT molecular complexity index is 1280. The van der Waals surface area contributed by atoms with Gasteiger partial charge in [0.25, 0.3) is 5.69 Å². The fourth-order valence-electron chi connectivity index (χ4n) is 5.08. The van der Waals surface area contributed by atoms with Gasteiger partial charge in [0.15, 0.2) is 0 Å². The fourth-order valence-corrected chi connectivity index (χ4v) is 5.89. The van der Waals surface area contributed by atoms with E-state index in [0.717, 1.165) is 28.8 Å². The summed E-state index contributed by atoms with van der Waals surface area (Å²) in [7, 11) is 8.90. The Morgan fingerprint density at radius 2 is 1.89 bits per heavy atom. The number of methoxy groups -OCH3 is 2. The molecule has 0 bridgehead atoms. The van der Waals surface area contributed by atoms with Gasteiger partial charge in [-0.05, 0) is 58.0 Å². The van der Waals surface area contributed by atoms with Crippen molar-refractivity contribution in [3.05, 3.63) is 66.8 Å². The van der Waals surface area contributed by atoms with Crippen molar-refractivity contribution in [3.63, 3.8) is 0 Å². The van der Waals surface area contributed by atoms with E-state index < -0.39 is 0 Å². The zero-order valence-corrected chi connectivity index (χ0v) is 23.0. The van der Waals surface area contributed by atoms with Gasteiger partial charge in [0.05, 0.1) is 34.8 Å². The van der Waals surface area contributed by atoms with Crippen LogP contribution in [-0.4, -0.2) is 61.9 Å². The van der Waals surface area contributed by atoms with E-state index in [1.165, 1.54) is 0 Å². The van der Waals surface area contributed by atoms with Crippen LogP contribution in [0.15, 0.2) is 24.3 Å². The quantitative estimate of drug-likeness (QED) is 0.272. The summed E-state index contributed by atoms with van der Waals surface area (Å²) in [4.78, 5) is 13.8. The summed E-state index contributed by atoms with van der Waals surface area (Å²) in [5.74, 6) is 1.00. The van der Waals surface area contributed by atoms with Gasteiger partial charge in [-0.1, -0.05) is 29.3 Å². The Labute approximate surface area is 226 Å². The molecule has 0 saturated heterocycles. The molecule has 1 aliphatic rings. The molecule has 0 fully saturated rings. The van der Waals surface area contributed by atoms with Crippen LogP contribution in [-0.2, 0) is 12.8 Å². The Morgan fingerprint density at radius 3 is 2.46 bits per heavy atom. The van der Waals surface area contributed by atoms with Crippen molar-refractivity contribution >= 4 is 28.9 Å². The molecule has 1 aromatic heterocycles. The predicted octanol–water partition coefficient (Wildman–Crippen LogP) is 5.40. The highest BCUT2D eigenvalue weighted by Crippen LogP contribution is 2.48. The molecule has 0 aliphatic heterocycles. The number of ether oxygens (including phenoxy) is 2. The van der Waals surface area contributed by atoms with Gasteiger partial charge in [0, 0.05) is 41.5 Å². The Balaban J connectivity index is 1.70. The first-order valence-corrected chi connectivity index (χ1v) is 12.7. The van der Waals surface area contributed by atoms with Crippen molar-refractivity contribution in [1.82, 2.24) is 20.4 Å². The summed E-state index contributed by atoms with van der Waals surface area (Å²) in [5, 5.41) is 23.9. The van der Waals surface area contributed by atoms with Gasteiger partial charge in [-0.3, -0.25) is 15.2 Å². The summed E-state index contributed by atoms with van der Waals surface area (Å²) in [6, 6.07) is 7.02. The molecule has 0 radical (unpaired) electrons. The van der Waals surface area contributed by atoms with E-state index >= 15 is 0 Å². The highest BCUT2D eigenvalue weighted by Gasteiger charge is 2.32. The molecule has 2 unspecified atom stereocenters. The number of hydrogen-bond donors (Lipinski definition) is 2. The number of halogens is 2. The standard InChI is InChI=1S/C26H31Cl2N5O4/c1-29-19(13-32(2)3)14-6-9-17(20(11-14)33(34)35)26-16-8-7-15(10-18(16)30-31-26)23-24(27)21(36-4)12-22(37-5)25(23)28/h6,9,11-12,15,19,29H,7-8,10,13H2,1-5H3,(H,30,31). The maximum absolute atomic E-state index is 12.1. The maximum Gasteiger partial charge on any atom is 0.279 e. The van der Waals surface area contributed by atoms with Crippen LogP contribution in [0.25, 0.3) is 11.3 Å². The highest BCUT2D eigenvalue weighted by molar-refractivity contribution is 6.38. The van der Waals surface area contributed by atoms with E-state index in [2.05, 4.69) is 15.5 Å². The van der Waals surface area contributed by atoms with E-state index in [-0.39, 0.29) is 22.6 Å². The maximum atomic E-state index is 12.1. The molecule has 1 aliphatic carbocycles. The van der Waals surface area contributed by atoms with E-state index in [1.807, 2.05) is 32.1 Å². The van der Waals surface area contributed by atoms with Crippen LogP contribution in [0.4, 0.5) is 5.69 Å². The molecule has 9 nitrogen and oxygen atoms in total. The minimum atomic E-state index is -0.337. The van der Waals surface area contributed by atoms with Gasteiger partial charge in [0.1, 0.15) is 17.2 Å². The molecular formula is C26H31Cl2N5O4. The molecule has 2 N–H and O–H groups in total. The molecule has 2 aromatic carbocycles. The first-order chi connectivity index (χ1) is 17.7. The van der Waals surface area contributed by atoms with Crippen LogP contribution >= 0.6 is 23.2 Å². The topological polar surface area (TPSA) is 106 Å². The number of likely N-dealkylation sites (N-methyl/N-ethyl adjacent to an activating group) is 2. The van der Waals surface area contributed by atoms with Crippen molar-refractivity contribution in [2.75, 3.05) is 41.9 Å². The molecule has 0 spiro atoms. The van der Waals surface area contributed by atoms with Gasteiger partial charge >= 0.3 is 0 Å². The number of nitrogens with zero attached hydrogens (tertiary/aromatic N) is 3. The molecular weight excluding hydrogens is 517 g/mol. The lowest BCUT2D eigenvalue weighted by Crippen LogP contribution is -2.28. The Kier molecular flexibility index (Phi) is 8.28. The number of benzene rings is 2. The van der Waals surface area contributed by atoms with E-state index in [4.69, 9.17) is 32.7 Å². The summed E-state index contributed by atoms with van der Waals surface area (Å²) in [6.45, 7) is 0.715. The lowest BCUT2D eigenvalue weighted by molar-refractivity contribution is -0.384. The van der Waals surface area contributed by atoms with Gasteiger partial charge in [-0.15, -0.1) is 0 Å². The van der Waals surface area contributed by atoms with Crippen LogP contribution in [0.2, 0.25) is 10.0 Å². The fraction of sp³-hybridized carbons (Fsp3) is 0.423. The molecule has 1 heterocycles. The van der Waals surface area contributed by atoms with Crippen LogP contribution < -0.4 is 14.8 Å². The first-order valence-electron chi connectivity index (χ1n) is 12.0. The van der Waals surface area contributed by atoms with Gasteiger partial charge in [-0.25, -0.2) is 0 Å². The highest BCUT2D eigenvalue weighted by atomic mass is 35.5.